The van der Waals surface area contributed by atoms with Crippen molar-refractivity contribution in [2.75, 3.05) is 19.6 Å². The lowest BCUT2D eigenvalue weighted by Gasteiger charge is -2.32. The van der Waals surface area contributed by atoms with E-state index in [2.05, 4.69) is 15.6 Å². The third kappa shape index (κ3) is 5.52. The second-order valence-electron chi connectivity index (χ2n) is 7.87. The Hall–Kier alpha value is -3.14. The van der Waals surface area contributed by atoms with Crippen LogP contribution in [0.3, 0.4) is 0 Å². The van der Waals surface area contributed by atoms with Crippen molar-refractivity contribution in [3.63, 3.8) is 0 Å². The number of nitrogens with zero attached hydrogens (tertiary/aromatic N) is 2. The van der Waals surface area contributed by atoms with Crippen LogP contribution >= 0.6 is 0 Å². The Labute approximate surface area is 181 Å². The number of carboxylic acids is 1. The minimum Gasteiger partial charge on any atom is -0.480 e. The van der Waals surface area contributed by atoms with Gasteiger partial charge in [0.25, 0.3) is 0 Å². The van der Waals surface area contributed by atoms with E-state index in [0.29, 0.717) is 32.4 Å². The van der Waals surface area contributed by atoms with Gasteiger partial charge in [-0.15, -0.1) is 0 Å². The maximum absolute atomic E-state index is 13.3. The third-order valence-corrected chi connectivity index (χ3v) is 5.75. The van der Waals surface area contributed by atoms with E-state index in [1.54, 1.807) is 4.90 Å². The predicted molar refractivity (Wildman–Crippen MR) is 115 cm³/mol. The van der Waals surface area contributed by atoms with Crippen LogP contribution in [0.25, 0.3) is 0 Å². The van der Waals surface area contributed by atoms with Crippen LogP contribution < -0.4 is 22.1 Å². The molecule has 10 heteroatoms. The molecule has 2 amide bonds. The van der Waals surface area contributed by atoms with Crippen LogP contribution in [-0.4, -0.2) is 65.5 Å². The molecule has 3 rings (SSSR count). The molecule has 7 N–H and O–H groups in total. The molecule has 3 atom stereocenters. The summed E-state index contributed by atoms with van der Waals surface area (Å²) in [5.74, 6) is -1.78. The van der Waals surface area contributed by atoms with Crippen molar-refractivity contribution in [2.24, 2.45) is 16.5 Å². The van der Waals surface area contributed by atoms with E-state index >= 15 is 0 Å². The number of nitrogens with two attached hydrogens (primary N) is 2. The van der Waals surface area contributed by atoms with Gasteiger partial charge in [0.2, 0.25) is 11.8 Å². The van der Waals surface area contributed by atoms with Gasteiger partial charge in [-0.3, -0.25) is 14.6 Å². The molecule has 10 nitrogen and oxygen atoms in total. The quantitative estimate of drug-likeness (QED) is 0.211. The molecule has 1 aromatic rings. The molecule has 2 aliphatic rings. The van der Waals surface area contributed by atoms with Crippen LogP contribution in [0.4, 0.5) is 0 Å². The number of rotatable bonds is 8. The molecule has 168 valence electrons. The van der Waals surface area contributed by atoms with Gasteiger partial charge in [0, 0.05) is 19.6 Å². The summed E-state index contributed by atoms with van der Waals surface area (Å²) in [6, 6.07) is 5.58. The summed E-state index contributed by atoms with van der Waals surface area (Å²) in [7, 11) is 0. The van der Waals surface area contributed by atoms with Crippen LogP contribution in [0.1, 0.15) is 42.9 Å². The van der Waals surface area contributed by atoms with Crippen LogP contribution in [0.5, 0.6) is 0 Å². The fourth-order valence-corrected chi connectivity index (χ4v) is 4.22. The van der Waals surface area contributed by atoms with E-state index in [0.717, 1.165) is 17.5 Å². The molecular formula is C21H30N6O4. The molecule has 1 fully saturated rings. The minimum atomic E-state index is -1.13. The number of nitrogens with one attached hydrogen (secondary N) is 2. The van der Waals surface area contributed by atoms with E-state index in [4.69, 9.17) is 11.5 Å². The number of likely N-dealkylation sites (tertiary alicyclic amines) is 1. The summed E-state index contributed by atoms with van der Waals surface area (Å²) in [6.45, 7) is 1.44. The average Bonchev–Trinajstić information content (AvgIpc) is 3.24. The fourth-order valence-electron chi connectivity index (χ4n) is 4.22. The van der Waals surface area contributed by atoms with Crippen LogP contribution in [0, 0.1) is 0 Å². The maximum atomic E-state index is 13.3. The fraction of sp³-hybridized carbons (Fsp3) is 0.524. The van der Waals surface area contributed by atoms with Crippen molar-refractivity contribution in [1.29, 1.82) is 0 Å². The zero-order valence-electron chi connectivity index (χ0n) is 17.4. The van der Waals surface area contributed by atoms with E-state index in [1.807, 2.05) is 24.3 Å². The Morgan fingerprint density at radius 3 is 2.81 bits per heavy atom. The molecule has 0 bridgehead atoms. The second kappa shape index (κ2) is 10.3. The lowest BCUT2D eigenvalue weighted by atomic mass is 9.93. The summed E-state index contributed by atoms with van der Waals surface area (Å²) in [4.78, 5) is 43.2. The van der Waals surface area contributed by atoms with Gasteiger partial charge in [-0.05, 0) is 43.2 Å². The summed E-state index contributed by atoms with van der Waals surface area (Å²) in [6.07, 6.45) is 2.65. The number of hydrogen-bond donors (Lipinski definition) is 5. The van der Waals surface area contributed by atoms with E-state index in [9.17, 15) is 19.5 Å². The topological polar surface area (TPSA) is 163 Å². The minimum absolute atomic E-state index is 0.0612. The Morgan fingerprint density at radius 2 is 2.06 bits per heavy atom. The molecule has 0 aromatic heterocycles. The smallest absolute Gasteiger partial charge is 0.326 e. The van der Waals surface area contributed by atoms with Crippen molar-refractivity contribution >= 4 is 23.7 Å². The first-order valence-electron chi connectivity index (χ1n) is 10.6. The van der Waals surface area contributed by atoms with Crippen LogP contribution in [-0.2, 0) is 20.8 Å². The normalized spacial score (nSPS) is 21.1. The summed E-state index contributed by atoms with van der Waals surface area (Å²) in [5.41, 5.74) is 12.6. The molecule has 2 heterocycles. The SMILES string of the molecule is NC(N)=NCCC[C@H](NC(=O)[C@@H]1CCCN1C(=O)[C@@H]1NCCc2ccccc21)C(=O)O. The van der Waals surface area contributed by atoms with Gasteiger partial charge in [0.1, 0.15) is 18.1 Å². The molecule has 0 spiro atoms. The van der Waals surface area contributed by atoms with Crippen molar-refractivity contribution in [1.82, 2.24) is 15.5 Å². The number of hydrogen-bond acceptors (Lipinski definition) is 5. The predicted octanol–water partition coefficient (Wildman–Crippen LogP) is -0.513. The number of fused-ring (bicyclic) bond motifs is 1. The number of carbonyl (C=O) groups excluding carboxylic acids is 2. The lowest BCUT2D eigenvalue weighted by Crippen LogP contribution is -2.53. The second-order valence-corrected chi connectivity index (χ2v) is 7.87. The molecule has 0 saturated carbocycles. The van der Waals surface area contributed by atoms with Crippen LogP contribution in [0.2, 0.25) is 0 Å². The van der Waals surface area contributed by atoms with Crippen molar-refractivity contribution in [3.8, 4) is 0 Å². The molecule has 0 unspecified atom stereocenters. The number of aliphatic imine (C=N–C) groups is 1. The van der Waals surface area contributed by atoms with Gasteiger partial charge in [-0.1, -0.05) is 24.3 Å². The third-order valence-electron chi connectivity index (χ3n) is 5.75. The number of carbonyl (C=O) groups is 3. The Kier molecular flexibility index (Phi) is 7.45. The molecule has 1 saturated heterocycles. The van der Waals surface area contributed by atoms with Gasteiger partial charge in [-0.25, -0.2) is 4.79 Å². The maximum Gasteiger partial charge on any atom is 0.326 e. The average molecular weight is 431 g/mol. The monoisotopic (exact) mass is 430 g/mol. The van der Waals surface area contributed by atoms with E-state index in [1.165, 1.54) is 0 Å². The lowest BCUT2D eigenvalue weighted by molar-refractivity contribution is -0.144. The largest absolute Gasteiger partial charge is 0.480 e. The van der Waals surface area contributed by atoms with Crippen molar-refractivity contribution in [3.05, 3.63) is 35.4 Å². The summed E-state index contributed by atoms with van der Waals surface area (Å²) in [5, 5.41) is 15.3. The number of aliphatic carboxylic acids is 1. The molecule has 2 aliphatic heterocycles. The van der Waals surface area contributed by atoms with Gasteiger partial charge in [-0.2, -0.15) is 0 Å². The van der Waals surface area contributed by atoms with Gasteiger partial charge < -0.3 is 32.1 Å². The van der Waals surface area contributed by atoms with Crippen LogP contribution in [0.15, 0.2) is 29.3 Å². The van der Waals surface area contributed by atoms with E-state index in [-0.39, 0.29) is 24.8 Å². The van der Waals surface area contributed by atoms with Gasteiger partial charge >= 0.3 is 5.97 Å². The van der Waals surface area contributed by atoms with Crippen molar-refractivity contribution in [2.45, 2.75) is 50.2 Å². The van der Waals surface area contributed by atoms with Gasteiger partial charge in [0.05, 0.1) is 0 Å². The molecule has 0 radical (unpaired) electrons. The highest BCUT2D eigenvalue weighted by Crippen LogP contribution is 2.28. The zero-order chi connectivity index (χ0) is 22.4. The molecular weight excluding hydrogens is 400 g/mol. The van der Waals surface area contributed by atoms with Crippen molar-refractivity contribution < 1.29 is 19.5 Å². The van der Waals surface area contributed by atoms with E-state index < -0.39 is 30.0 Å². The highest BCUT2D eigenvalue weighted by molar-refractivity contribution is 5.93. The van der Waals surface area contributed by atoms with Gasteiger partial charge in [0.15, 0.2) is 5.96 Å². The molecule has 1 aromatic carbocycles. The molecule has 31 heavy (non-hydrogen) atoms. The Bertz CT molecular complexity index is 854. The number of carboxylic acid groups (broad SMARTS) is 1. The first kappa shape index (κ1) is 22.5. The number of benzene rings is 1. The summed E-state index contributed by atoms with van der Waals surface area (Å²) < 4.78 is 0. The first-order valence-corrected chi connectivity index (χ1v) is 10.6. The first-order chi connectivity index (χ1) is 14.9. The standard InChI is InChI=1S/C21H30N6O4/c22-21(23)25-10-3-7-15(20(30)31)26-18(28)16-8-4-12-27(16)19(29)17-14-6-2-1-5-13(14)9-11-24-17/h1-2,5-6,15-17,24H,3-4,7-12H2,(H,26,28)(H,30,31)(H4,22,23,25)/t15-,16-,17+/m0/s1. The Balaban J connectivity index is 1.65. The summed E-state index contributed by atoms with van der Waals surface area (Å²) >= 11 is 0. The highest BCUT2D eigenvalue weighted by atomic mass is 16.4. The Morgan fingerprint density at radius 1 is 1.29 bits per heavy atom. The number of guanidine groups is 1. The zero-order valence-corrected chi connectivity index (χ0v) is 17.4. The highest BCUT2D eigenvalue weighted by Gasteiger charge is 2.39. The molecule has 0 aliphatic carbocycles. The number of amides is 2.